The van der Waals surface area contributed by atoms with Crippen LogP contribution in [0.25, 0.3) is 0 Å². The van der Waals surface area contributed by atoms with E-state index in [9.17, 15) is 16.8 Å². The van der Waals surface area contributed by atoms with Crippen LogP contribution in [0.3, 0.4) is 0 Å². The van der Waals surface area contributed by atoms with Crippen molar-refractivity contribution in [1.82, 2.24) is 49.5 Å². The van der Waals surface area contributed by atoms with Gasteiger partial charge in [0, 0.05) is 67.4 Å². The monoisotopic (exact) mass is 1030 g/mol. The molecule has 2 saturated heterocycles. The van der Waals surface area contributed by atoms with Gasteiger partial charge in [0.25, 0.3) is 0 Å². The van der Waals surface area contributed by atoms with Gasteiger partial charge in [-0.05, 0) is 53.4 Å². The molecular formula is C42H64Cl2N10O12S2. The van der Waals surface area contributed by atoms with Gasteiger partial charge in [-0.2, -0.15) is 0 Å². The lowest BCUT2D eigenvalue weighted by molar-refractivity contribution is 0.0397. The van der Waals surface area contributed by atoms with Crippen molar-refractivity contribution >= 4 is 42.9 Å². The number of rotatable bonds is 24. The normalized spacial score (nSPS) is 20.7. The van der Waals surface area contributed by atoms with Crippen molar-refractivity contribution in [2.24, 2.45) is 0 Å². The highest BCUT2D eigenvalue weighted by molar-refractivity contribution is 7.91. The summed E-state index contributed by atoms with van der Waals surface area (Å²) in [7, 11) is 1.60. The first-order chi connectivity index (χ1) is 32.4. The first-order valence-corrected chi connectivity index (χ1v) is 26.2. The topological polar surface area (TPSA) is 255 Å². The average molecular weight is 1040 g/mol. The maximum Gasteiger partial charge on any atom is 0.163 e. The second kappa shape index (κ2) is 25.6. The van der Waals surface area contributed by atoms with Crippen molar-refractivity contribution in [3.05, 3.63) is 69.8 Å². The Morgan fingerprint density at radius 3 is 1.16 bits per heavy atom. The SMILES string of the molecule is COCC(COC)n1c(CS(=O)(=O)[C@@H](C)[C@H](OC)c2ncc(Cl)cn2)nnc1[C@@H]1CC[C@H](C)O1.COCC(COC)n1c(CS(=O)(=O)[C@@H](C)[C@H](OC)c2ncc(Cl)cn2)nnc1[C@H]1CC[C@@H](C)O1. The van der Waals surface area contributed by atoms with Gasteiger partial charge < -0.3 is 47.0 Å². The molecule has 380 valence electrons. The molecule has 0 amide bonds. The molecule has 2 aliphatic heterocycles. The molecule has 26 heteroatoms. The molecule has 0 bridgehead atoms. The van der Waals surface area contributed by atoms with Crippen LogP contribution in [0.4, 0.5) is 0 Å². The highest BCUT2D eigenvalue weighted by atomic mass is 35.5. The minimum absolute atomic E-state index is 0.0903. The Bertz CT molecular complexity index is 2220. The number of ether oxygens (including phenoxy) is 8. The van der Waals surface area contributed by atoms with Gasteiger partial charge >= 0.3 is 0 Å². The van der Waals surface area contributed by atoms with Gasteiger partial charge in [-0.15, -0.1) is 20.4 Å². The molecule has 4 aromatic rings. The predicted octanol–water partition coefficient (Wildman–Crippen LogP) is 4.97. The lowest BCUT2D eigenvalue weighted by Gasteiger charge is -2.24. The maximum atomic E-state index is 13.5. The summed E-state index contributed by atoms with van der Waals surface area (Å²) in [4.78, 5) is 16.5. The van der Waals surface area contributed by atoms with Gasteiger partial charge in [0.1, 0.15) is 47.6 Å². The summed E-state index contributed by atoms with van der Waals surface area (Å²) in [6.45, 7) is 8.30. The summed E-state index contributed by atoms with van der Waals surface area (Å²) in [5.74, 6) is 1.47. The fourth-order valence-corrected chi connectivity index (χ4v) is 11.3. The van der Waals surface area contributed by atoms with Gasteiger partial charge in [-0.25, -0.2) is 36.8 Å². The van der Waals surface area contributed by atoms with Gasteiger partial charge in [-0.1, -0.05) is 23.2 Å². The number of aromatic nitrogens is 10. The van der Waals surface area contributed by atoms with E-state index < -0.39 is 42.4 Å². The Kier molecular flexibility index (Phi) is 20.9. The second-order valence-corrected chi connectivity index (χ2v) is 22.3. The third-order valence-electron chi connectivity index (χ3n) is 11.7. The van der Waals surface area contributed by atoms with E-state index in [1.165, 1.54) is 39.0 Å². The zero-order valence-corrected chi connectivity index (χ0v) is 43.2. The third-order valence-corrected chi connectivity index (χ3v) is 16.2. The van der Waals surface area contributed by atoms with E-state index in [2.05, 4.69) is 40.3 Å². The van der Waals surface area contributed by atoms with Crippen molar-refractivity contribution < 1.29 is 54.7 Å². The van der Waals surface area contributed by atoms with Gasteiger partial charge in [0.05, 0.1) is 71.3 Å². The Morgan fingerprint density at radius 1 is 0.574 bits per heavy atom. The van der Waals surface area contributed by atoms with E-state index in [1.807, 2.05) is 13.8 Å². The molecular weight excluding hydrogens is 972 g/mol. The molecule has 2 fully saturated rings. The summed E-state index contributed by atoms with van der Waals surface area (Å²) in [6.07, 6.45) is 6.79. The highest BCUT2D eigenvalue weighted by Crippen LogP contribution is 2.36. The Hall–Kier alpha value is -3.40. The van der Waals surface area contributed by atoms with Crippen LogP contribution >= 0.6 is 23.2 Å². The van der Waals surface area contributed by atoms with Crippen LogP contribution in [0.1, 0.15) is 125 Å². The Morgan fingerprint density at radius 2 is 0.897 bits per heavy atom. The smallest absolute Gasteiger partial charge is 0.163 e. The Balaban J connectivity index is 0.000000254. The largest absolute Gasteiger partial charge is 0.382 e. The van der Waals surface area contributed by atoms with Crippen LogP contribution in [0.2, 0.25) is 10.0 Å². The molecule has 6 rings (SSSR count). The highest BCUT2D eigenvalue weighted by Gasteiger charge is 2.39. The van der Waals surface area contributed by atoms with Gasteiger partial charge in [0.15, 0.2) is 43.0 Å². The minimum atomic E-state index is -3.77. The van der Waals surface area contributed by atoms with Crippen molar-refractivity contribution in [2.75, 3.05) is 69.1 Å². The van der Waals surface area contributed by atoms with E-state index in [-0.39, 0.29) is 71.3 Å². The molecule has 2 aliphatic rings. The first-order valence-electron chi connectivity index (χ1n) is 22.0. The summed E-state index contributed by atoms with van der Waals surface area (Å²) >= 11 is 11.7. The predicted molar refractivity (Wildman–Crippen MR) is 248 cm³/mol. The summed E-state index contributed by atoms with van der Waals surface area (Å²) in [6, 6.07) is -0.643. The quantitative estimate of drug-likeness (QED) is 0.0897. The van der Waals surface area contributed by atoms with Crippen molar-refractivity contribution in [3.8, 4) is 0 Å². The van der Waals surface area contributed by atoms with E-state index in [0.29, 0.717) is 48.1 Å². The molecule has 0 unspecified atom stereocenters. The van der Waals surface area contributed by atoms with Crippen molar-refractivity contribution in [2.45, 2.75) is 124 Å². The molecule has 4 aromatic heterocycles. The molecule has 0 saturated carbocycles. The summed E-state index contributed by atoms with van der Waals surface area (Å²) < 4.78 is 102. The zero-order valence-electron chi connectivity index (χ0n) is 40.1. The first kappa shape index (κ1) is 55.5. The van der Waals surface area contributed by atoms with Crippen LogP contribution in [0.15, 0.2) is 24.8 Å². The zero-order chi connectivity index (χ0) is 49.8. The molecule has 0 aromatic carbocycles. The molecule has 0 aliphatic carbocycles. The summed E-state index contributed by atoms with van der Waals surface area (Å²) in [5.41, 5.74) is 0. The molecule has 0 radical (unpaired) electrons. The van der Waals surface area contributed by atoms with Crippen LogP contribution in [0.5, 0.6) is 0 Å². The number of hydrogen-bond acceptors (Lipinski definition) is 20. The fourth-order valence-electron chi connectivity index (χ4n) is 8.21. The lowest BCUT2D eigenvalue weighted by Crippen LogP contribution is -2.31. The average Bonchev–Trinajstić information content (AvgIpc) is 4.12. The number of halogens is 2. The van der Waals surface area contributed by atoms with E-state index in [4.69, 9.17) is 61.1 Å². The molecule has 6 heterocycles. The van der Waals surface area contributed by atoms with Crippen molar-refractivity contribution in [1.29, 1.82) is 0 Å². The number of nitrogens with zero attached hydrogens (tertiary/aromatic N) is 10. The number of hydrogen-bond donors (Lipinski definition) is 0. The fraction of sp³-hybridized carbons (Fsp3) is 0.714. The second-order valence-electron chi connectivity index (χ2n) is 16.7. The molecule has 8 atom stereocenters. The maximum absolute atomic E-state index is 13.5. The van der Waals surface area contributed by atoms with Crippen LogP contribution < -0.4 is 0 Å². The standard InChI is InChI=1S/2C21H32ClN5O6S/c2*1-13-6-7-17(33-13)21-26-25-18(27(21)16(10-30-3)11-31-4)12-34(28,29)14(2)19(32-5)20-23-8-15(22)9-24-20/h2*8-9,13-14,16-17,19H,6-7,10-12H2,1-5H3/t13-,14+,17-,19+;13-,14-,17-,19-/m10/s1. The van der Waals surface area contributed by atoms with Crippen LogP contribution in [-0.4, -0.2) is 158 Å². The Labute approximate surface area is 408 Å². The van der Waals surface area contributed by atoms with E-state index in [0.717, 1.165) is 25.7 Å². The molecule has 0 N–H and O–H groups in total. The lowest BCUT2D eigenvalue weighted by atomic mass is 10.2. The molecule has 22 nitrogen and oxygen atoms in total. The van der Waals surface area contributed by atoms with Crippen LogP contribution in [0, 0.1) is 0 Å². The third kappa shape index (κ3) is 13.9. The van der Waals surface area contributed by atoms with E-state index >= 15 is 0 Å². The molecule has 0 spiro atoms. The van der Waals surface area contributed by atoms with Crippen molar-refractivity contribution in [3.63, 3.8) is 0 Å². The number of methoxy groups -OCH3 is 6. The van der Waals surface area contributed by atoms with Gasteiger partial charge in [-0.3, -0.25) is 0 Å². The number of sulfone groups is 2. The molecule has 68 heavy (non-hydrogen) atoms. The summed E-state index contributed by atoms with van der Waals surface area (Å²) in [5, 5.41) is 16.0. The van der Waals surface area contributed by atoms with Gasteiger partial charge in [0.2, 0.25) is 0 Å². The minimum Gasteiger partial charge on any atom is -0.382 e. The van der Waals surface area contributed by atoms with E-state index in [1.54, 1.807) is 51.4 Å². The van der Waals surface area contributed by atoms with Crippen LogP contribution in [-0.2, 0) is 69.1 Å².